The van der Waals surface area contributed by atoms with Gasteiger partial charge in [-0.25, -0.2) is 0 Å². The smallest absolute Gasteiger partial charge is 0.119 e. The van der Waals surface area contributed by atoms with Gasteiger partial charge >= 0.3 is 0 Å². The van der Waals surface area contributed by atoms with Gasteiger partial charge in [-0.2, -0.15) is 0 Å². The molecule has 2 aliphatic rings. The highest BCUT2D eigenvalue weighted by molar-refractivity contribution is 7.17. The Labute approximate surface area is 182 Å². The van der Waals surface area contributed by atoms with Gasteiger partial charge in [0.25, 0.3) is 0 Å². The Morgan fingerprint density at radius 3 is 2.87 bits per heavy atom. The number of anilines is 2. The SMILES string of the molecule is CN1CNc2ccc(OCCCN3CCN(c4cccc5sccc45)CC3)cc2C1. The molecule has 5 nitrogen and oxygen atoms in total. The third-order valence-electron chi connectivity index (χ3n) is 6.13. The van der Waals surface area contributed by atoms with E-state index in [4.69, 9.17) is 4.74 Å². The average Bonchev–Trinajstić information content (AvgIpc) is 3.26. The van der Waals surface area contributed by atoms with E-state index in [1.807, 2.05) is 11.3 Å². The van der Waals surface area contributed by atoms with Gasteiger partial charge in [-0.15, -0.1) is 11.3 Å². The summed E-state index contributed by atoms with van der Waals surface area (Å²) in [6.07, 6.45) is 1.06. The molecular formula is C24H30N4OS. The van der Waals surface area contributed by atoms with Crippen molar-refractivity contribution in [2.75, 3.05) is 63.3 Å². The lowest BCUT2D eigenvalue weighted by molar-refractivity contribution is 0.224. The monoisotopic (exact) mass is 422 g/mol. The lowest BCUT2D eigenvalue weighted by atomic mass is 10.1. The zero-order valence-corrected chi connectivity index (χ0v) is 18.5. The first kappa shape index (κ1) is 19.7. The molecule has 1 fully saturated rings. The van der Waals surface area contributed by atoms with Gasteiger partial charge in [0.15, 0.2) is 0 Å². The lowest BCUT2D eigenvalue weighted by Crippen LogP contribution is -2.46. The van der Waals surface area contributed by atoms with E-state index < -0.39 is 0 Å². The van der Waals surface area contributed by atoms with Gasteiger partial charge in [-0.3, -0.25) is 9.80 Å². The van der Waals surface area contributed by atoms with Gasteiger partial charge in [0.1, 0.15) is 5.75 Å². The molecule has 0 bridgehead atoms. The van der Waals surface area contributed by atoms with Crippen LogP contribution >= 0.6 is 11.3 Å². The Bertz CT molecular complexity index is 996. The Morgan fingerprint density at radius 2 is 1.97 bits per heavy atom. The molecule has 0 spiro atoms. The molecule has 1 aromatic heterocycles. The molecular weight excluding hydrogens is 392 g/mol. The topological polar surface area (TPSA) is 31.0 Å². The number of nitrogens with zero attached hydrogens (tertiary/aromatic N) is 3. The van der Waals surface area contributed by atoms with Crippen molar-refractivity contribution in [3.8, 4) is 5.75 Å². The van der Waals surface area contributed by atoms with E-state index >= 15 is 0 Å². The van der Waals surface area contributed by atoms with E-state index in [2.05, 4.69) is 74.9 Å². The second-order valence-electron chi connectivity index (χ2n) is 8.31. The van der Waals surface area contributed by atoms with Gasteiger partial charge in [-0.1, -0.05) is 6.07 Å². The van der Waals surface area contributed by atoms with Crippen molar-refractivity contribution >= 4 is 32.8 Å². The van der Waals surface area contributed by atoms with E-state index in [9.17, 15) is 0 Å². The van der Waals surface area contributed by atoms with Gasteiger partial charge in [0.05, 0.1) is 13.3 Å². The van der Waals surface area contributed by atoms with Crippen LogP contribution in [0.4, 0.5) is 11.4 Å². The quantitative estimate of drug-likeness (QED) is 0.599. The van der Waals surface area contributed by atoms with Crippen molar-refractivity contribution in [1.82, 2.24) is 9.80 Å². The van der Waals surface area contributed by atoms with Gasteiger partial charge in [0.2, 0.25) is 0 Å². The number of hydrogen-bond donors (Lipinski definition) is 1. The van der Waals surface area contributed by atoms with E-state index in [1.165, 1.54) is 27.0 Å². The predicted octanol–water partition coefficient (Wildman–Crippen LogP) is 4.31. The number of fused-ring (bicyclic) bond motifs is 2. The van der Waals surface area contributed by atoms with Crippen molar-refractivity contribution in [3.63, 3.8) is 0 Å². The molecule has 158 valence electrons. The molecule has 1 N–H and O–H groups in total. The van der Waals surface area contributed by atoms with Crippen molar-refractivity contribution in [2.24, 2.45) is 0 Å². The van der Waals surface area contributed by atoms with E-state index in [-0.39, 0.29) is 0 Å². The third-order valence-corrected chi connectivity index (χ3v) is 7.01. The number of thiophene rings is 1. The second-order valence-corrected chi connectivity index (χ2v) is 9.26. The van der Waals surface area contributed by atoms with Crippen LogP contribution in [0.3, 0.4) is 0 Å². The number of rotatable bonds is 6. The third kappa shape index (κ3) is 4.26. The minimum absolute atomic E-state index is 0.774. The minimum Gasteiger partial charge on any atom is -0.494 e. The summed E-state index contributed by atoms with van der Waals surface area (Å²) in [6.45, 7) is 8.20. The number of nitrogens with one attached hydrogen (secondary N) is 1. The summed E-state index contributed by atoms with van der Waals surface area (Å²) < 4.78 is 7.43. The standard InChI is InChI=1S/C24H30N4OS/c1-26-17-19-16-20(6-7-22(19)25-18-26)29-14-3-9-27-10-12-28(13-11-27)23-4-2-5-24-21(23)8-15-30-24/h2,4-8,15-16,25H,3,9-14,17-18H2,1H3. The van der Waals surface area contributed by atoms with Crippen LogP contribution in [0.5, 0.6) is 5.75 Å². The highest BCUT2D eigenvalue weighted by Crippen LogP contribution is 2.31. The first-order valence-corrected chi connectivity index (χ1v) is 11.8. The summed E-state index contributed by atoms with van der Waals surface area (Å²) >= 11 is 1.83. The summed E-state index contributed by atoms with van der Waals surface area (Å²) in [7, 11) is 2.13. The fourth-order valence-electron chi connectivity index (χ4n) is 4.47. The number of piperazine rings is 1. The summed E-state index contributed by atoms with van der Waals surface area (Å²) in [5.41, 5.74) is 3.94. The number of ether oxygens (including phenoxy) is 1. The van der Waals surface area contributed by atoms with Crippen LogP contribution in [0.2, 0.25) is 0 Å². The Kier molecular flexibility index (Phi) is 5.79. The molecule has 0 saturated carbocycles. The molecule has 2 aliphatic heterocycles. The summed E-state index contributed by atoms with van der Waals surface area (Å²) in [5, 5.41) is 7.03. The second kappa shape index (κ2) is 8.84. The largest absolute Gasteiger partial charge is 0.494 e. The van der Waals surface area contributed by atoms with Crippen LogP contribution in [0.15, 0.2) is 47.8 Å². The van der Waals surface area contributed by atoms with E-state index in [0.29, 0.717) is 0 Å². The van der Waals surface area contributed by atoms with Gasteiger partial charge in [-0.05, 0) is 60.8 Å². The maximum absolute atomic E-state index is 6.05. The maximum Gasteiger partial charge on any atom is 0.119 e. The van der Waals surface area contributed by atoms with Crippen LogP contribution < -0.4 is 15.0 Å². The fraction of sp³-hybridized carbons (Fsp3) is 0.417. The molecule has 5 rings (SSSR count). The van der Waals surface area contributed by atoms with Crippen LogP contribution in [-0.2, 0) is 6.54 Å². The molecule has 0 aliphatic carbocycles. The highest BCUT2D eigenvalue weighted by Gasteiger charge is 2.18. The summed E-state index contributed by atoms with van der Waals surface area (Å²) in [5.74, 6) is 0.986. The fourth-order valence-corrected chi connectivity index (χ4v) is 5.28. The molecule has 3 heterocycles. The van der Waals surface area contributed by atoms with Crippen LogP contribution in [0.25, 0.3) is 10.1 Å². The van der Waals surface area contributed by atoms with Crippen molar-refractivity contribution in [3.05, 3.63) is 53.4 Å². The Morgan fingerprint density at radius 1 is 1.07 bits per heavy atom. The molecule has 6 heteroatoms. The molecule has 2 aromatic carbocycles. The molecule has 1 saturated heterocycles. The molecule has 30 heavy (non-hydrogen) atoms. The van der Waals surface area contributed by atoms with Crippen LogP contribution in [-0.4, -0.2) is 62.8 Å². The molecule has 3 aromatic rings. The minimum atomic E-state index is 0.774. The lowest BCUT2D eigenvalue weighted by Gasteiger charge is -2.36. The van der Waals surface area contributed by atoms with E-state index in [0.717, 1.165) is 64.7 Å². The Hall–Kier alpha value is -2.28. The maximum atomic E-state index is 6.05. The first-order valence-electron chi connectivity index (χ1n) is 10.9. The predicted molar refractivity (Wildman–Crippen MR) is 127 cm³/mol. The van der Waals surface area contributed by atoms with Gasteiger partial charge < -0.3 is 15.0 Å². The normalized spacial score (nSPS) is 17.7. The van der Waals surface area contributed by atoms with Gasteiger partial charge in [0, 0.05) is 60.7 Å². The zero-order chi connectivity index (χ0) is 20.3. The molecule has 0 radical (unpaired) electrons. The molecule has 0 unspecified atom stereocenters. The number of hydrogen-bond acceptors (Lipinski definition) is 6. The van der Waals surface area contributed by atoms with Crippen LogP contribution in [0, 0.1) is 0 Å². The highest BCUT2D eigenvalue weighted by atomic mass is 32.1. The van der Waals surface area contributed by atoms with Crippen molar-refractivity contribution < 1.29 is 4.74 Å². The summed E-state index contributed by atoms with van der Waals surface area (Å²) in [4.78, 5) is 7.38. The van der Waals surface area contributed by atoms with Crippen molar-refractivity contribution in [2.45, 2.75) is 13.0 Å². The zero-order valence-electron chi connectivity index (χ0n) is 17.6. The first-order chi connectivity index (χ1) is 14.8. The van der Waals surface area contributed by atoms with Crippen molar-refractivity contribution in [1.29, 1.82) is 0 Å². The van der Waals surface area contributed by atoms with E-state index in [1.54, 1.807) is 0 Å². The summed E-state index contributed by atoms with van der Waals surface area (Å²) in [6, 6.07) is 15.3. The van der Waals surface area contributed by atoms with Crippen LogP contribution in [0.1, 0.15) is 12.0 Å². The molecule has 0 atom stereocenters. The Balaban J connectivity index is 1.07. The average molecular weight is 423 g/mol. The molecule has 0 amide bonds. The number of benzene rings is 2.